The van der Waals surface area contributed by atoms with Crippen molar-refractivity contribution in [2.24, 2.45) is 5.92 Å². The lowest BCUT2D eigenvalue weighted by molar-refractivity contribution is -0.0634. The van der Waals surface area contributed by atoms with Crippen LogP contribution in [0.15, 0.2) is 0 Å². The van der Waals surface area contributed by atoms with Crippen molar-refractivity contribution in [3.63, 3.8) is 0 Å². The molecule has 0 aromatic rings. The van der Waals surface area contributed by atoms with Gasteiger partial charge in [-0.05, 0) is 64.8 Å². The fourth-order valence-electron chi connectivity index (χ4n) is 6.81. The van der Waals surface area contributed by atoms with Crippen LogP contribution in [-0.2, 0) is 4.74 Å². The number of hydrogen-bond acceptors (Lipinski definition) is 5. The molecule has 0 aromatic carbocycles. The molecule has 2 bridgehead atoms. The van der Waals surface area contributed by atoms with E-state index in [1.54, 1.807) is 0 Å². The minimum absolute atomic E-state index is 0.0962. The van der Waals surface area contributed by atoms with Gasteiger partial charge in [-0.1, -0.05) is 0 Å². The zero-order valence-corrected chi connectivity index (χ0v) is 17.7. The van der Waals surface area contributed by atoms with E-state index in [0.717, 1.165) is 38.6 Å². The van der Waals surface area contributed by atoms with Gasteiger partial charge >= 0.3 is 0 Å². The second-order valence-corrected chi connectivity index (χ2v) is 10.1. The number of nitrogens with one attached hydrogen (secondary N) is 3. The van der Waals surface area contributed by atoms with Gasteiger partial charge in [0.05, 0.1) is 18.3 Å². The maximum atomic E-state index is 14.9. The summed E-state index contributed by atoms with van der Waals surface area (Å²) in [5, 5.41) is 10.9. The predicted octanol–water partition coefficient (Wildman–Crippen LogP) is 2.11. The third-order valence-corrected chi connectivity index (χ3v) is 8.29. The van der Waals surface area contributed by atoms with Crippen LogP contribution in [0.3, 0.4) is 0 Å². The second kappa shape index (κ2) is 8.65. The zero-order chi connectivity index (χ0) is 20.0. The molecule has 4 heterocycles. The Hall–Kier alpha value is -0.340. The molecule has 4 saturated heterocycles. The molecule has 5 rings (SSSR count). The number of ether oxygens (including phenoxy) is 1. The lowest BCUT2D eigenvalue weighted by Gasteiger charge is -2.50. The number of hydrogen-bond donors (Lipinski definition) is 3. The van der Waals surface area contributed by atoms with Crippen LogP contribution in [0.4, 0.5) is 8.78 Å². The van der Waals surface area contributed by atoms with Crippen LogP contribution < -0.4 is 16.0 Å². The van der Waals surface area contributed by atoms with Gasteiger partial charge < -0.3 is 15.4 Å². The normalized spacial score (nSPS) is 51.8. The van der Waals surface area contributed by atoms with Crippen LogP contribution in [0.25, 0.3) is 0 Å². The average Bonchev–Trinajstić information content (AvgIpc) is 3.20. The van der Waals surface area contributed by atoms with Crippen LogP contribution in [0.2, 0.25) is 0 Å². The van der Waals surface area contributed by atoms with Gasteiger partial charge in [0.2, 0.25) is 0 Å². The molecule has 10 atom stereocenters. The van der Waals surface area contributed by atoms with Crippen molar-refractivity contribution in [1.82, 2.24) is 20.9 Å². The number of nitrogens with zero attached hydrogens (tertiary/aromatic N) is 1. The first-order valence-electron chi connectivity index (χ1n) is 12.0. The van der Waals surface area contributed by atoms with Crippen molar-refractivity contribution in [1.29, 1.82) is 0 Å². The van der Waals surface area contributed by atoms with Crippen molar-refractivity contribution in [2.75, 3.05) is 19.7 Å². The molecule has 0 aromatic heterocycles. The number of alkyl halides is 2. The highest BCUT2D eigenvalue weighted by Crippen LogP contribution is 2.39. The Morgan fingerprint density at radius 2 is 1.86 bits per heavy atom. The molecule has 166 valence electrons. The Bertz CT molecular complexity index is 569. The summed E-state index contributed by atoms with van der Waals surface area (Å²) >= 11 is 0. The molecule has 5 nitrogen and oxygen atoms in total. The van der Waals surface area contributed by atoms with Gasteiger partial charge in [0.25, 0.3) is 0 Å². The molecule has 29 heavy (non-hydrogen) atoms. The van der Waals surface area contributed by atoms with Gasteiger partial charge in [-0.2, -0.15) is 0 Å². The molecule has 7 heteroatoms. The Morgan fingerprint density at radius 3 is 2.76 bits per heavy atom. The van der Waals surface area contributed by atoms with E-state index in [1.165, 1.54) is 6.42 Å². The highest BCUT2D eigenvalue weighted by atomic mass is 19.1. The van der Waals surface area contributed by atoms with Crippen LogP contribution in [0, 0.1) is 5.92 Å². The average molecular weight is 413 g/mol. The Morgan fingerprint density at radius 1 is 0.966 bits per heavy atom. The molecule has 5 aliphatic rings. The fourth-order valence-corrected chi connectivity index (χ4v) is 6.81. The number of rotatable bonds is 0. The molecule has 0 amide bonds. The van der Waals surface area contributed by atoms with Crippen LogP contribution in [0.5, 0.6) is 0 Å². The lowest BCUT2D eigenvalue weighted by Crippen LogP contribution is -2.73. The smallest absolute Gasteiger partial charge is 0.129 e. The van der Waals surface area contributed by atoms with E-state index < -0.39 is 12.3 Å². The topological polar surface area (TPSA) is 48.6 Å². The van der Waals surface area contributed by atoms with Crippen LogP contribution in [0.1, 0.15) is 58.3 Å². The molecule has 0 radical (unpaired) electrons. The minimum Gasteiger partial charge on any atom is -0.378 e. The molecule has 1 saturated carbocycles. The van der Waals surface area contributed by atoms with E-state index in [0.29, 0.717) is 38.1 Å². The highest BCUT2D eigenvalue weighted by molar-refractivity contribution is 5.06. The first-order valence-corrected chi connectivity index (χ1v) is 12.0. The summed E-state index contributed by atoms with van der Waals surface area (Å²) in [5.41, 5.74) is 0. The van der Waals surface area contributed by atoms with Crippen LogP contribution >= 0.6 is 0 Å². The van der Waals surface area contributed by atoms with Gasteiger partial charge in [-0.3, -0.25) is 10.2 Å². The van der Waals surface area contributed by atoms with Gasteiger partial charge in [-0.25, -0.2) is 8.78 Å². The highest BCUT2D eigenvalue weighted by Gasteiger charge is 2.48. The van der Waals surface area contributed by atoms with E-state index in [9.17, 15) is 8.78 Å². The maximum absolute atomic E-state index is 14.9. The van der Waals surface area contributed by atoms with E-state index in [-0.39, 0.29) is 36.3 Å². The second-order valence-electron chi connectivity index (χ2n) is 10.1. The summed E-state index contributed by atoms with van der Waals surface area (Å²) in [7, 11) is 0. The van der Waals surface area contributed by atoms with E-state index in [2.05, 4.69) is 27.8 Å². The van der Waals surface area contributed by atoms with Gasteiger partial charge in [0, 0.05) is 43.2 Å². The summed E-state index contributed by atoms with van der Waals surface area (Å²) in [6.45, 7) is 4.30. The number of piperidine rings is 2. The summed E-state index contributed by atoms with van der Waals surface area (Å²) in [6.07, 6.45) is 6.25. The third kappa shape index (κ3) is 4.10. The largest absolute Gasteiger partial charge is 0.378 e. The lowest BCUT2D eigenvalue weighted by atomic mass is 9.79. The SMILES string of the molecule is C[C@@H]1CCOC2CCC(F)CC2[C@H]2CCCN2C2CCC3NCC(F)C(N1)C3N2. The van der Waals surface area contributed by atoms with E-state index in [4.69, 9.17) is 4.74 Å². The third-order valence-electron chi connectivity index (χ3n) is 8.29. The first-order chi connectivity index (χ1) is 14.1. The molecular weight excluding hydrogens is 374 g/mol. The number of fused-ring (bicyclic) bond motifs is 5. The summed E-state index contributed by atoms with van der Waals surface area (Å²) < 4.78 is 35.7. The maximum Gasteiger partial charge on any atom is 0.129 e. The van der Waals surface area contributed by atoms with E-state index >= 15 is 0 Å². The Kier molecular flexibility index (Phi) is 6.14. The number of halogens is 2. The molecule has 4 aliphatic heterocycles. The van der Waals surface area contributed by atoms with E-state index in [1.807, 2.05) is 0 Å². The van der Waals surface area contributed by atoms with Crippen LogP contribution in [-0.4, -0.2) is 79.4 Å². The molecule has 0 spiro atoms. The molecule has 3 N–H and O–H groups in total. The van der Waals surface area contributed by atoms with Crippen molar-refractivity contribution in [3.8, 4) is 0 Å². The molecular formula is C22H38F2N4O. The monoisotopic (exact) mass is 412 g/mol. The Balaban J connectivity index is 1.42. The minimum atomic E-state index is -0.889. The summed E-state index contributed by atoms with van der Waals surface area (Å²) in [4.78, 5) is 2.59. The predicted molar refractivity (Wildman–Crippen MR) is 109 cm³/mol. The summed E-state index contributed by atoms with van der Waals surface area (Å²) in [5.74, 6) is 0.277. The standard InChI is InChI=1S/C22H38F2N4O/c1-13-8-10-29-19-6-4-14(23)11-15(19)18-3-2-9-28(18)20-7-5-17-22(27-20)21(26-13)16(24)12-25-17/h13-22,25-27H,2-12H2,1H3/t13-,14?,15?,16?,17?,18-,19?,20?,21?,22?/m1/s1. The molecule has 5 fully saturated rings. The Labute approximate surface area is 173 Å². The van der Waals surface area contributed by atoms with Crippen molar-refractivity contribution < 1.29 is 13.5 Å². The van der Waals surface area contributed by atoms with Crippen molar-refractivity contribution in [2.45, 2.75) is 113 Å². The van der Waals surface area contributed by atoms with Crippen molar-refractivity contribution >= 4 is 0 Å². The van der Waals surface area contributed by atoms with Gasteiger partial charge in [0.1, 0.15) is 12.3 Å². The van der Waals surface area contributed by atoms with Gasteiger partial charge in [-0.15, -0.1) is 0 Å². The van der Waals surface area contributed by atoms with Crippen molar-refractivity contribution in [3.05, 3.63) is 0 Å². The van der Waals surface area contributed by atoms with Gasteiger partial charge in [0.15, 0.2) is 0 Å². The fraction of sp³-hybridized carbons (Fsp3) is 1.00. The quantitative estimate of drug-likeness (QED) is 0.569. The molecule has 1 aliphatic carbocycles. The zero-order valence-electron chi connectivity index (χ0n) is 17.7. The first kappa shape index (κ1) is 20.6. The molecule has 8 unspecified atom stereocenters. The summed E-state index contributed by atoms with van der Waals surface area (Å²) in [6, 6.07) is 0.839.